The Balaban J connectivity index is 1.62. The van der Waals surface area contributed by atoms with Crippen LogP contribution in [-0.2, 0) is 11.4 Å². The van der Waals surface area contributed by atoms with Gasteiger partial charge in [0.05, 0.1) is 11.6 Å². The molecule has 0 radical (unpaired) electrons. The summed E-state index contributed by atoms with van der Waals surface area (Å²) in [4.78, 5) is 25.6. The predicted octanol–water partition coefficient (Wildman–Crippen LogP) is 5.55. The number of urea groups is 1. The first-order valence-corrected chi connectivity index (χ1v) is 10.9. The molecule has 3 amide bonds. The van der Waals surface area contributed by atoms with E-state index in [2.05, 4.69) is 30.1 Å². The number of halogens is 1. The second-order valence-electron chi connectivity index (χ2n) is 7.38. The maximum absolute atomic E-state index is 12.5. The lowest BCUT2D eigenvalue weighted by atomic mass is 10.1. The molecular formula is C26H23ClN2O4. The fourth-order valence-electron chi connectivity index (χ4n) is 3.68. The summed E-state index contributed by atoms with van der Waals surface area (Å²) in [6, 6.07) is 17.1. The van der Waals surface area contributed by atoms with Crippen LogP contribution in [0.2, 0.25) is 5.02 Å². The minimum absolute atomic E-state index is 0.133. The molecule has 7 heteroatoms. The van der Waals surface area contributed by atoms with Crippen molar-refractivity contribution in [2.24, 2.45) is 0 Å². The summed E-state index contributed by atoms with van der Waals surface area (Å²) in [5.41, 5.74) is 1.79. The van der Waals surface area contributed by atoms with Gasteiger partial charge in [0.2, 0.25) is 0 Å². The summed E-state index contributed by atoms with van der Waals surface area (Å²) in [5.74, 6) is 0.450. The van der Waals surface area contributed by atoms with Crippen molar-refractivity contribution in [2.45, 2.75) is 13.5 Å². The van der Waals surface area contributed by atoms with Gasteiger partial charge < -0.3 is 14.8 Å². The van der Waals surface area contributed by atoms with Crippen molar-refractivity contribution >= 4 is 40.4 Å². The van der Waals surface area contributed by atoms with Gasteiger partial charge in [-0.1, -0.05) is 60.1 Å². The number of amides is 3. The fourth-order valence-corrected chi connectivity index (χ4v) is 3.95. The van der Waals surface area contributed by atoms with Crippen molar-refractivity contribution in [2.75, 3.05) is 13.2 Å². The third-order valence-corrected chi connectivity index (χ3v) is 5.45. The molecule has 0 saturated carbocycles. The molecule has 0 unspecified atom stereocenters. The van der Waals surface area contributed by atoms with Gasteiger partial charge in [0, 0.05) is 6.54 Å². The molecule has 33 heavy (non-hydrogen) atoms. The van der Waals surface area contributed by atoms with Crippen LogP contribution in [0.1, 0.15) is 18.1 Å². The van der Waals surface area contributed by atoms with Crippen LogP contribution in [0.25, 0.3) is 16.8 Å². The van der Waals surface area contributed by atoms with Crippen LogP contribution in [0.15, 0.2) is 72.9 Å². The Kier molecular flexibility index (Phi) is 6.66. The summed E-state index contributed by atoms with van der Waals surface area (Å²) in [6.45, 7) is 6.28. The third kappa shape index (κ3) is 4.71. The van der Waals surface area contributed by atoms with E-state index in [0.717, 1.165) is 21.2 Å². The van der Waals surface area contributed by atoms with E-state index in [1.54, 1.807) is 18.2 Å². The van der Waals surface area contributed by atoms with E-state index in [0.29, 0.717) is 35.3 Å². The Morgan fingerprint density at radius 3 is 2.67 bits per heavy atom. The molecule has 0 bridgehead atoms. The molecule has 0 aliphatic carbocycles. The van der Waals surface area contributed by atoms with Crippen LogP contribution in [0.5, 0.6) is 11.5 Å². The van der Waals surface area contributed by atoms with E-state index >= 15 is 0 Å². The predicted molar refractivity (Wildman–Crippen MR) is 129 cm³/mol. The number of nitrogens with zero attached hydrogens (tertiary/aromatic N) is 1. The maximum Gasteiger partial charge on any atom is 0.329 e. The highest BCUT2D eigenvalue weighted by atomic mass is 35.5. The molecule has 1 N–H and O–H groups in total. The molecule has 6 nitrogen and oxygen atoms in total. The first-order valence-electron chi connectivity index (χ1n) is 10.5. The highest BCUT2D eigenvalue weighted by Crippen LogP contribution is 2.38. The molecule has 1 heterocycles. The lowest BCUT2D eigenvalue weighted by molar-refractivity contribution is -0.122. The lowest BCUT2D eigenvalue weighted by Crippen LogP contribution is -2.30. The number of nitrogens with one attached hydrogen (secondary N) is 1. The summed E-state index contributed by atoms with van der Waals surface area (Å²) in [7, 11) is 0. The van der Waals surface area contributed by atoms with Gasteiger partial charge in [0.15, 0.2) is 11.5 Å². The Morgan fingerprint density at radius 1 is 1.09 bits per heavy atom. The topological polar surface area (TPSA) is 67.9 Å². The van der Waals surface area contributed by atoms with E-state index < -0.39 is 11.9 Å². The monoisotopic (exact) mass is 462 g/mol. The van der Waals surface area contributed by atoms with Gasteiger partial charge >= 0.3 is 6.03 Å². The van der Waals surface area contributed by atoms with Crippen LogP contribution >= 0.6 is 11.6 Å². The van der Waals surface area contributed by atoms with Gasteiger partial charge in [-0.3, -0.25) is 9.69 Å². The Hall–Kier alpha value is -3.77. The summed E-state index contributed by atoms with van der Waals surface area (Å²) < 4.78 is 11.9. The van der Waals surface area contributed by atoms with Crippen molar-refractivity contribution in [3.05, 3.63) is 89.1 Å². The highest BCUT2D eigenvalue weighted by Gasteiger charge is 2.32. The molecule has 4 rings (SSSR count). The number of hydrogen-bond acceptors (Lipinski definition) is 4. The maximum atomic E-state index is 12.5. The Labute approximate surface area is 197 Å². The van der Waals surface area contributed by atoms with E-state index in [4.69, 9.17) is 21.1 Å². The van der Waals surface area contributed by atoms with E-state index in [9.17, 15) is 9.59 Å². The van der Waals surface area contributed by atoms with Gasteiger partial charge in [-0.2, -0.15) is 0 Å². The van der Waals surface area contributed by atoms with E-state index in [-0.39, 0.29) is 12.2 Å². The number of carbonyl (C=O) groups is 2. The smallest absolute Gasteiger partial charge is 0.329 e. The highest BCUT2D eigenvalue weighted by molar-refractivity contribution is 6.32. The molecule has 1 saturated heterocycles. The average Bonchev–Trinajstić information content (AvgIpc) is 3.06. The molecule has 0 aromatic heterocycles. The Morgan fingerprint density at radius 2 is 1.88 bits per heavy atom. The SMILES string of the molecule is C=CCN1C(=O)NC(=Cc2cc(Cl)c(OCc3cccc4ccccc34)c(OCC)c2)C1=O. The first kappa shape index (κ1) is 22.4. The number of carbonyl (C=O) groups excluding carboxylic acids is 2. The van der Waals surface area contributed by atoms with Gasteiger partial charge in [-0.05, 0) is 47.0 Å². The van der Waals surface area contributed by atoms with Crippen molar-refractivity contribution in [1.29, 1.82) is 0 Å². The number of imide groups is 1. The summed E-state index contributed by atoms with van der Waals surface area (Å²) in [5, 5.41) is 5.15. The molecule has 0 spiro atoms. The van der Waals surface area contributed by atoms with Crippen LogP contribution in [0, 0.1) is 0 Å². The molecule has 168 valence electrons. The molecule has 1 fully saturated rings. The number of fused-ring (bicyclic) bond motifs is 1. The van der Waals surface area contributed by atoms with Crippen molar-refractivity contribution in [3.8, 4) is 11.5 Å². The molecule has 1 aliphatic heterocycles. The Bertz CT molecular complexity index is 1260. The van der Waals surface area contributed by atoms with E-state index in [1.165, 1.54) is 6.08 Å². The lowest BCUT2D eigenvalue weighted by Gasteiger charge is -2.15. The molecule has 0 atom stereocenters. The minimum Gasteiger partial charge on any atom is -0.490 e. The number of rotatable bonds is 8. The first-order chi connectivity index (χ1) is 16.0. The average molecular weight is 463 g/mol. The van der Waals surface area contributed by atoms with Crippen LogP contribution in [0.4, 0.5) is 4.79 Å². The number of hydrogen-bond donors (Lipinski definition) is 1. The quantitative estimate of drug-likeness (QED) is 0.271. The zero-order chi connectivity index (χ0) is 23.4. The van der Waals surface area contributed by atoms with E-state index in [1.807, 2.05) is 31.2 Å². The molecule has 1 aliphatic rings. The van der Waals surface area contributed by atoms with Crippen LogP contribution in [0.3, 0.4) is 0 Å². The van der Waals surface area contributed by atoms with Gasteiger partial charge in [-0.15, -0.1) is 6.58 Å². The summed E-state index contributed by atoms with van der Waals surface area (Å²) in [6.07, 6.45) is 3.05. The second kappa shape index (κ2) is 9.79. The zero-order valence-corrected chi connectivity index (χ0v) is 18.9. The van der Waals surface area contributed by atoms with Crippen LogP contribution < -0.4 is 14.8 Å². The number of benzene rings is 3. The standard InChI is InChI=1S/C26H23ClN2O4/c1-3-12-29-25(30)22(28-26(29)31)14-17-13-21(27)24(23(15-17)32-4-2)33-16-19-10-7-9-18-8-5-6-11-20(18)19/h3,5-11,13-15H,1,4,12,16H2,2H3,(H,28,31). The van der Waals surface area contributed by atoms with Crippen LogP contribution in [-0.4, -0.2) is 30.0 Å². The molecule has 3 aromatic carbocycles. The number of ether oxygens (including phenoxy) is 2. The van der Waals surface area contributed by atoms with Crippen molar-refractivity contribution in [3.63, 3.8) is 0 Å². The largest absolute Gasteiger partial charge is 0.490 e. The molecule has 3 aromatic rings. The van der Waals surface area contributed by atoms with Gasteiger partial charge in [-0.25, -0.2) is 4.79 Å². The van der Waals surface area contributed by atoms with Gasteiger partial charge in [0.25, 0.3) is 5.91 Å². The fraction of sp³-hybridized carbons (Fsp3) is 0.154. The molecular weight excluding hydrogens is 440 g/mol. The normalized spacial score (nSPS) is 14.6. The van der Waals surface area contributed by atoms with Crippen molar-refractivity contribution < 1.29 is 19.1 Å². The third-order valence-electron chi connectivity index (χ3n) is 5.17. The van der Waals surface area contributed by atoms with Crippen molar-refractivity contribution in [1.82, 2.24) is 10.2 Å². The minimum atomic E-state index is -0.489. The van der Waals surface area contributed by atoms with Gasteiger partial charge in [0.1, 0.15) is 12.3 Å². The zero-order valence-electron chi connectivity index (χ0n) is 18.1. The second-order valence-corrected chi connectivity index (χ2v) is 7.79. The summed E-state index contributed by atoms with van der Waals surface area (Å²) >= 11 is 6.55.